The van der Waals surface area contributed by atoms with E-state index in [2.05, 4.69) is 29.2 Å². The van der Waals surface area contributed by atoms with E-state index in [-0.39, 0.29) is 46.5 Å². The van der Waals surface area contributed by atoms with E-state index in [1.165, 1.54) is 73.6 Å². The monoisotopic (exact) mass is 703 g/mol. The van der Waals surface area contributed by atoms with Crippen LogP contribution in [0.15, 0.2) is 97.1 Å². The average molecular weight is 705 g/mol. The molecule has 47 heavy (non-hydrogen) atoms. The van der Waals surface area contributed by atoms with Crippen LogP contribution in [0.5, 0.6) is 5.75 Å². The topological polar surface area (TPSA) is 53.0 Å². The second-order valence-electron chi connectivity index (χ2n) is 13.1. The van der Waals surface area contributed by atoms with Crippen molar-refractivity contribution in [1.82, 2.24) is 4.90 Å². The smallest absolute Gasteiger partial charge is 0.233 e. The van der Waals surface area contributed by atoms with Crippen molar-refractivity contribution in [2.24, 2.45) is 5.92 Å². The summed E-state index contributed by atoms with van der Waals surface area (Å²) in [6, 6.07) is 28.0. The first kappa shape index (κ1) is 33.3. The largest absolute Gasteiger partial charge is 1.00 e. The maximum absolute atomic E-state index is 13.7. The first-order chi connectivity index (χ1) is 22.4. The molecule has 4 fully saturated rings. The second kappa shape index (κ2) is 14.2. The molecule has 6 nitrogen and oxygen atoms in total. The molecule has 4 aromatic carbocycles. The van der Waals surface area contributed by atoms with Gasteiger partial charge >= 0.3 is 0 Å². The fourth-order valence-corrected chi connectivity index (χ4v) is 7.31. The van der Waals surface area contributed by atoms with E-state index in [9.17, 15) is 18.7 Å². The summed E-state index contributed by atoms with van der Waals surface area (Å²) >= 11 is 0. The number of aliphatic hydroxyl groups excluding tert-OH is 1. The van der Waals surface area contributed by atoms with Gasteiger partial charge in [0.15, 0.2) is 0 Å². The van der Waals surface area contributed by atoms with Gasteiger partial charge in [-0.3, -0.25) is 9.69 Å². The van der Waals surface area contributed by atoms with Crippen molar-refractivity contribution in [3.05, 3.63) is 131 Å². The highest BCUT2D eigenvalue weighted by Crippen LogP contribution is 2.46. The number of ether oxygens (including phenoxy) is 1. The van der Waals surface area contributed by atoms with Gasteiger partial charge in [-0.25, -0.2) is 8.78 Å². The molecule has 0 unspecified atom stereocenters. The van der Waals surface area contributed by atoms with E-state index in [0.717, 1.165) is 23.4 Å². The number of rotatable bonds is 11. The van der Waals surface area contributed by atoms with Crippen LogP contribution >= 0.6 is 0 Å². The second-order valence-corrected chi connectivity index (χ2v) is 13.1. The summed E-state index contributed by atoms with van der Waals surface area (Å²) in [5.74, 6) is -0.417. The number of hydrogen-bond acceptors (Lipinski definition) is 4. The molecule has 0 aromatic heterocycles. The maximum atomic E-state index is 13.7. The summed E-state index contributed by atoms with van der Waals surface area (Å²) in [4.78, 5) is 17.7. The molecule has 4 aliphatic rings. The molecule has 4 saturated heterocycles. The predicted molar refractivity (Wildman–Crippen MR) is 173 cm³/mol. The Balaban J connectivity index is 0.00000386. The van der Waals surface area contributed by atoms with Crippen LogP contribution in [-0.4, -0.2) is 59.7 Å². The van der Waals surface area contributed by atoms with Crippen molar-refractivity contribution < 1.29 is 44.9 Å². The number of β-lactam (4-membered cyclic amide) rings is 1. The Hall–Kier alpha value is -3.63. The fourth-order valence-electron chi connectivity index (χ4n) is 7.31. The third-order valence-corrected chi connectivity index (χ3v) is 10.2. The van der Waals surface area contributed by atoms with E-state index in [1.54, 1.807) is 29.2 Å². The van der Waals surface area contributed by atoms with Crippen LogP contribution in [0, 0.1) is 17.6 Å². The predicted octanol–water partition coefficient (Wildman–Crippen LogP) is 3.41. The quantitative estimate of drug-likeness (QED) is 0.192. The van der Waals surface area contributed by atoms with E-state index in [4.69, 9.17) is 4.74 Å². The number of benzene rings is 4. The molecule has 2 bridgehead atoms. The summed E-state index contributed by atoms with van der Waals surface area (Å²) in [6.45, 7) is 8.94. The Kier molecular flexibility index (Phi) is 10.1. The highest BCUT2D eigenvalue weighted by atomic mass is 79.9. The third-order valence-electron chi connectivity index (χ3n) is 10.2. The lowest BCUT2D eigenvalue weighted by Crippen LogP contribution is -3.00. The number of anilines is 1. The van der Waals surface area contributed by atoms with Gasteiger partial charge < -0.3 is 36.2 Å². The summed E-state index contributed by atoms with van der Waals surface area (Å²) in [5, 5.41) is 10.7. The van der Waals surface area contributed by atoms with Crippen LogP contribution in [0.1, 0.15) is 47.2 Å². The molecule has 0 aliphatic carbocycles. The summed E-state index contributed by atoms with van der Waals surface area (Å²) in [7, 11) is 0. The molecule has 4 heterocycles. The Labute approximate surface area is 285 Å². The lowest BCUT2D eigenvalue weighted by molar-refractivity contribution is -0.953. The van der Waals surface area contributed by atoms with E-state index in [1.807, 2.05) is 24.3 Å². The van der Waals surface area contributed by atoms with Gasteiger partial charge in [-0.1, -0.05) is 48.5 Å². The molecule has 9 heteroatoms. The Bertz CT molecular complexity index is 1630. The van der Waals surface area contributed by atoms with Crippen LogP contribution in [0.3, 0.4) is 0 Å². The normalized spacial score (nSPS) is 23.9. The molecule has 3 atom stereocenters. The number of aliphatic hydroxyl groups is 1. The standard InChI is InChI=1S/C38H40F2N3O3.BrH/c39-31-9-5-29(6-10-31)36(44)18-17-35-37(42(38(35)45)33-13-11-32(40)12-14-33)30-7-15-34(16-8-30)46-26-28-3-1-27(2-4-28)25-43-22-19-41(20-23-43)21-24-43;/h1-16,35-37,44H,17-26H2;1H/q+1;/p-1/t35-,36+,37-;/m1./s1. The molecule has 1 N–H and O–H groups in total. The van der Waals surface area contributed by atoms with Crippen LogP contribution in [0.2, 0.25) is 0 Å². The van der Waals surface area contributed by atoms with Crippen LogP contribution in [0.25, 0.3) is 0 Å². The molecule has 246 valence electrons. The third kappa shape index (κ3) is 7.28. The number of carbonyl (C=O) groups excluding carboxylic acids is 1. The number of piperazine rings is 3. The first-order valence-corrected chi connectivity index (χ1v) is 16.3. The van der Waals surface area contributed by atoms with E-state index in [0.29, 0.717) is 30.7 Å². The SMILES string of the molecule is O=C1[C@H](CC[C@H](O)c2ccc(F)cc2)[C@@H](c2ccc(OCc3ccc(C[N+]45CCN(CC4)CC5)cc3)cc2)N1c1ccc(F)cc1.[Br-]. The Morgan fingerprint density at radius 1 is 0.787 bits per heavy atom. The van der Waals surface area contributed by atoms with E-state index < -0.39 is 6.10 Å². The van der Waals surface area contributed by atoms with Gasteiger partial charge in [0, 0.05) is 30.9 Å². The fraction of sp³-hybridized carbons (Fsp3) is 0.342. The number of amides is 1. The molecule has 4 aromatic rings. The molecule has 0 radical (unpaired) electrons. The van der Waals surface area contributed by atoms with Crippen molar-refractivity contribution in [2.75, 3.05) is 44.2 Å². The zero-order valence-electron chi connectivity index (χ0n) is 26.3. The van der Waals surface area contributed by atoms with E-state index >= 15 is 0 Å². The minimum atomic E-state index is -0.807. The number of nitrogens with zero attached hydrogens (tertiary/aromatic N) is 3. The minimum Gasteiger partial charge on any atom is -1.00 e. The highest BCUT2D eigenvalue weighted by Gasteiger charge is 2.48. The van der Waals surface area contributed by atoms with Crippen LogP contribution in [-0.2, 0) is 17.9 Å². The van der Waals surface area contributed by atoms with Gasteiger partial charge in [-0.2, -0.15) is 0 Å². The Morgan fingerprint density at radius 3 is 1.98 bits per heavy atom. The number of carbonyl (C=O) groups is 1. The maximum Gasteiger partial charge on any atom is 0.233 e. The Morgan fingerprint density at radius 2 is 1.36 bits per heavy atom. The van der Waals surface area contributed by atoms with Gasteiger partial charge in [0.25, 0.3) is 0 Å². The highest BCUT2D eigenvalue weighted by molar-refractivity contribution is 6.03. The minimum absolute atomic E-state index is 0. The summed E-state index contributed by atoms with van der Waals surface area (Å²) in [5.41, 5.74) is 4.67. The van der Waals surface area contributed by atoms with Crippen molar-refractivity contribution in [3.8, 4) is 5.75 Å². The molecular weight excluding hydrogens is 664 g/mol. The van der Waals surface area contributed by atoms with Gasteiger partial charge in [-0.05, 0) is 78.1 Å². The summed E-state index contributed by atoms with van der Waals surface area (Å²) < 4.78 is 34.4. The van der Waals surface area contributed by atoms with Crippen molar-refractivity contribution >= 4 is 11.6 Å². The number of fused-ring (bicyclic) bond motifs is 3. The number of quaternary nitrogens is 1. The lowest BCUT2D eigenvalue weighted by Gasteiger charge is -2.50. The van der Waals surface area contributed by atoms with Crippen LogP contribution < -0.4 is 26.6 Å². The van der Waals surface area contributed by atoms with Crippen molar-refractivity contribution in [2.45, 2.75) is 38.1 Å². The van der Waals surface area contributed by atoms with Gasteiger partial charge in [-0.15, -0.1) is 0 Å². The average Bonchev–Trinajstić information content (AvgIpc) is 3.09. The zero-order chi connectivity index (χ0) is 31.7. The van der Waals surface area contributed by atoms with Crippen molar-refractivity contribution in [3.63, 3.8) is 0 Å². The molecule has 4 aliphatic heterocycles. The number of hydrogen-bond donors (Lipinski definition) is 1. The van der Waals surface area contributed by atoms with Gasteiger partial charge in [0.05, 0.1) is 37.7 Å². The lowest BCUT2D eigenvalue weighted by atomic mass is 9.78. The molecule has 8 rings (SSSR count). The first-order valence-electron chi connectivity index (χ1n) is 16.3. The van der Waals surface area contributed by atoms with Crippen molar-refractivity contribution in [1.29, 1.82) is 0 Å². The molecule has 0 spiro atoms. The van der Waals surface area contributed by atoms with Gasteiger partial charge in [0.2, 0.25) is 5.91 Å². The van der Waals surface area contributed by atoms with Crippen LogP contribution in [0.4, 0.5) is 14.5 Å². The zero-order valence-corrected chi connectivity index (χ0v) is 27.9. The van der Waals surface area contributed by atoms with Gasteiger partial charge in [0.1, 0.15) is 30.5 Å². The summed E-state index contributed by atoms with van der Waals surface area (Å²) in [6.07, 6.45) is -0.00105. The molecule has 0 saturated carbocycles. The molecular formula is C38H40BrF2N3O3. The molecule has 1 amide bonds. The number of halogens is 3.